The maximum Gasteiger partial charge on any atom is 0.257 e. The number of amides is 1. The van der Waals surface area contributed by atoms with Crippen LogP contribution in [0.25, 0.3) is 11.5 Å². The maximum atomic E-state index is 12.7. The summed E-state index contributed by atoms with van der Waals surface area (Å²) in [6.07, 6.45) is 4.09. The second-order valence-corrected chi connectivity index (χ2v) is 9.10. The zero-order chi connectivity index (χ0) is 21.0. The van der Waals surface area contributed by atoms with E-state index in [-0.39, 0.29) is 35.0 Å². The molecule has 0 spiro atoms. The lowest BCUT2D eigenvalue weighted by Crippen LogP contribution is -2.27. The Morgan fingerprint density at radius 2 is 2.10 bits per heavy atom. The van der Waals surface area contributed by atoms with Gasteiger partial charge >= 0.3 is 0 Å². The van der Waals surface area contributed by atoms with Gasteiger partial charge in [0.25, 0.3) is 5.91 Å². The van der Waals surface area contributed by atoms with E-state index < -0.39 is 10.0 Å². The SMILES string of the molecule is Cc1oc(-c2[nH]ncc2C(=O)N2CCCC2)cc1S(=O)(=O)NCCCOC(C)C. The van der Waals surface area contributed by atoms with Crippen LogP contribution in [-0.2, 0) is 14.8 Å². The van der Waals surface area contributed by atoms with E-state index in [9.17, 15) is 13.2 Å². The topological polar surface area (TPSA) is 118 Å². The molecule has 3 heterocycles. The van der Waals surface area contributed by atoms with Gasteiger partial charge < -0.3 is 14.1 Å². The molecule has 1 aliphatic rings. The smallest absolute Gasteiger partial charge is 0.257 e. The third-order valence-corrected chi connectivity index (χ3v) is 6.30. The summed E-state index contributed by atoms with van der Waals surface area (Å²) >= 11 is 0. The largest absolute Gasteiger partial charge is 0.458 e. The van der Waals surface area contributed by atoms with Crippen LogP contribution in [-0.4, -0.2) is 61.8 Å². The van der Waals surface area contributed by atoms with Gasteiger partial charge in [0.2, 0.25) is 10.0 Å². The zero-order valence-corrected chi connectivity index (χ0v) is 17.8. The fourth-order valence-corrected chi connectivity index (χ4v) is 4.51. The van der Waals surface area contributed by atoms with E-state index in [1.165, 1.54) is 12.3 Å². The molecule has 3 rings (SSSR count). The predicted octanol–water partition coefficient (Wildman–Crippen LogP) is 2.31. The molecule has 0 atom stereocenters. The van der Waals surface area contributed by atoms with Gasteiger partial charge in [0, 0.05) is 32.3 Å². The van der Waals surface area contributed by atoms with Crippen LogP contribution < -0.4 is 4.72 Å². The molecule has 2 N–H and O–H groups in total. The van der Waals surface area contributed by atoms with Gasteiger partial charge in [0.05, 0.1) is 17.9 Å². The third-order valence-electron chi connectivity index (χ3n) is 4.74. The summed E-state index contributed by atoms with van der Waals surface area (Å²) < 4.78 is 38.9. The van der Waals surface area contributed by atoms with Gasteiger partial charge in [-0.15, -0.1) is 0 Å². The average Bonchev–Trinajstić information content (AvgIpc) is 3.40. The van der Waals surface area contributed by atoms with Crippen LogP contribution >= 0.6 is 0 Å². The third kappa shape index (κ3) is 5.06. The molecule has 0 aliphatic carbocycles. The van der Waals surface area contributed by atoms with Gasteiger partial charge in [-0.2, -0.15) is 5.10 Å². The quantitative estimate of drug-likeness (QED) is 0.597. The lowest BCUT2D eigenvalue weighted by atomic mass is 10.2. The van der Waals surface area contributed by atoms with Crippen LogP contribution in [0.3, 0.4) is 0 Å². The number of H-pyrrole nitrogens is 1. The average molecular weight is 425 g/mol. The first-order chi connectivity index (χ1) is 13.8. The number of hydrogen-bond donors (Lipinski definition) is 2. The van der Waals surface area contributed by atoms with Gasteiger partial charge in [-0.25, -0.2) is 13.1 Å². The Morgan fingerprint density at radius 3 is 2.79 bits per heavy atom. The number of nitrogens with one attached hydrogen (secondary N) is 2. The van der Waals surface area contributed by atoms with Gasteiger partial charge in [-0.1, -0.05) is 0 Å². The maximum absolute atomic E-state index is 12.7. The minimum atomic E-state index is -3.74. The normalized spacial score (nSPS) is 14.8. The lowest BCUT2D eigenvalue weighted by Gasteiger charge is -2.14. The molecule has 0 unspecified atom stereocenters. The number of rotatable bonds is 9. The molecular formula is C19H28N4O5S. The number of hydrogen-bond acceptors (Lipinski definition) is 6. The van der Waals surface area contributed by atoms with Crippen molar-refractivity contribution in [2.45, 2.75) is 51.0 Å². The van der Waals surface area contributed by atoms with Crippen molar-refractivity contribution in [3.63, 3.8) is 0 Å². The highest BCUT2D eigenvalue weighted by Crippen LogP contribution is 2.30. The highest BCUT2D eigenvalue weighted by molar-refractivity contribution is 7.89. The number of aromatic amines is 1. The molecule has 1 amide bonds. The van der Waals surface area contributed by atoms with Crippen LogP contribution in [0.1, 0.15) is 49.2 Å². The van der Waals surface area contributed by atoms with Crippen molar-refractivity contribution >= 4 is 15.9 Å². The number of carbonyl (C=O) groups excluding carboxylic acids is 1. The minimum absolute atomic E-state index is 0.0476. The second-order valence-electron chi connectivity index (χ2n) is 7.36. The van der Waals surface area contributed by atoms with E-state index in [1.54, 1.807) is 11.8 Å². The van der Waals surface area contributed by atoms with Crippen molar-refractivity contribution in [3.8, 4) is 11.5 Å². The Hall–Kier alpha value is -2.17. The van der Waals surface area contributed by atoms with Crippen LogP contribution in [0.4, 0.5) is 0 Å². The number of aryl methyl sites for hydroxylation is 1. The molecule has 0 aromatic carbocycles. The molecule has 2 aromatic heterocycles. The van der Waals surface area contributed by atoms with Gasteiger partial charge in [-0.05, 0) is 40.0 Å². The number of aromatic nitrogens is 2. The van der Waals surface area contributed by atoms with Crippen molar-refractivity contribution in [2.75, 3.05) is 26.2 Å². The van der Waals surface area contributed by atoms with Crippen LogP contribution in [0, 0.1) is 6.92 Å². The monoisotopic (exact) mass is 424 g/mol. The highest BCUT2D eigenvalue weighted by Gasteiger charge is 2.27. The Kier molecular flexibility index (Phi) is 6.76. The molecular weight excluding hydrogens is 396 g/mol. The van der Waals surface area contributed by atoms with Crippen molar-refractivity contribution in [1.29, 1.82) is 0 Å². The first kappa shape index (κ1) is 21.5. The number of ether oxygens (including phenoxy) is 1. The first-order valence-corrected chi connectivity index (χ1v) is 11.3. The summed E-state index contributed by atoms with van der Waals surface area (Å²) in [5, 5.41) is 6.73. The van der Waals surface area contributed by atoms with Gasteiger partial charge in [0.1, 0.15) is 16.3 Å². The molecule has 0 bridgehead atoms. The summed E-state index contributed by atoms with van der Waals surface area (Å²) in [7, 11) is -3.74. The molecule has 1 saturated heterocycles. The number of sulfonamides is 1. The number of carbonyl (C=O) groups is 1. The Morgan fingerprint density at radius 1 is 1.38 bits per heavy atom. The van der Waals surface area contributed by atoms with Crippen LogP contribution in [0.2, 0.25) is 0 Å². The summed E-state index contributed by atoms with van der Waals surface area (Å²) in [6, 6.07) is 1.43. The summed E-state index contributed by atoms with van der Waals surface area (Å²) in [4.78, 5) is 14.5. The van der Waals surface area contributed by atoms with Gasteiger partial charge in [0.15, 0.2) is 5.76 Å². The van der Waals surface area contributed by atoms with Crippen molar-refractivity contribution < 1.29 is 22.4 Å². The molecule has 1 fully saturated rings. The summed E-state index contributed by atoms with van der Waals surface area (Å²) in [5.74, 6) is 0.388. The molecule has 0 saturated carbocycles. The van der Waals surface area contributed by atoms with Crippen molar-refractivity contribution in [3.05, 3.63) is 23.6 Å². The lowest BCUT2D eigenvalue weighted by molar-refractivity contribution is 0.0777. The van der Waals surface area contributed by atoms with E-state index in [1.807, 2.05) is 13.8 Å². The molecule has 0 radical (unpaired) electrons. The van der Waals surface area contributed by atoms with Crippen LogP contribution in [0.15, 0.2) is 21.6 Å². The standard InChI is InChI=1S/C19H28N4O5S/c1-13(2)27-10-6-7-21-29(25,26)17-11-16(28-14(17)3)18-15(12-20-22-18)19(24)23-8-4-5-9-23/h11-13,21H,4-10H2,1-3H3,(H,20,22). The summed E-state index contributed by atoms with van der Waals surface area (Å²) in [6.45, 7) is 7.61. The summed E-state index contributed by atoms with van der Waals surface area (Å²) in [5.41, 5.74) is 0.764. The van der Waals surface area contributed by atoms with Gasteiger partial charge in [-0.3, -0.25) is 9.89 Å². The Balaban J connectivity index is 1.74. The molecule has 1 aliphatic heterocycles. The molecule has 9 nitrogen and oxygen atoms in total. The van der Waals surface area contributed by atoms with E-state index >= 15 is 0 Å². The predicted molar refractivity (Wildman–Crippen MR) is 107 cm³/mol. The fraction of sp³-hybridized carbons (Fsp3) is 0.579. The number of furan rings is 1. The molecule has 2 aromatic rings. The van der Waals surface area contributed by atoms with E-state index in [0.29, 0.717) is 37.4 Å². The Labute approximate surface area is 170 Å². The fourth-order valence-electron chi connectivity index (χ4n) is 3.26. The Bertz CT molecular complexity index is 942. The number of likely N-dealkylation sites (tertiary alicyclic amines) is 1. The minimum Gasteiger partial charge on any atom is -0.458 e. The van der Waals surface area contributed by atoms with Crippen LogP contribution in [0.5, 0.6) is 0 Å². The highest BCUT2D eigenvalue weighted by atomic mass is 32.2. The molecule has 160 valence electrons. The molecule has 29 heavy (non-hydrogen) atoms. The van der Waals surface area contributed by atoms with Crippen molar-refractivity contribution in [1.82, 2.24) is 19.8 Å². The first-order valence-electron chi connectivity index (χ1n) is 9.84. The number of nitrogens with zero attached hydrogens (tertiary/aromatic N) is 2. The van der Waals surface area contributed by atoms with E-state index in [4.69, 9.17) is 9.15 Å². The molecule has 10 heteroatoms. The van der Waals surface area contributed by atoms with Crippen molar-refractivity contribution in [2.24, 2.45) is 0 Å². The van der Waals surface area contributed by atoms with E-state index in [2.05, 4.69) is 14.9 Å². The zero-order valence-electron chi connectivity index (χ0n) is 17.0. The van der Waals surface area contributed by atoms with E-state index in [0.717, 1.165) is 12.8 Å². The second kappa shape index (κ2) is 9.10.